The summed E-state index contributed by atoms with van der Waals surface area (Å²) in [7, 11) is 0. The Balaban J connectivity index is 1.46. The number of thiazole rings is 1. The van der Waals surface area contributed by atoms with Crippen molar-refractivity contribution in [2.45, 2.75) is 39.8 Å². The molecule has 2 aromatic rings. The average molecular weight is 320 g/mol. The first-order chi connectivity index (χ1) is 10.8. The first-order valence-electron chi connectivity index (χ1n) is 8.07. The van der Waals surface area contributed by atoms with Crippen molar-refractivity contribution < 1.29 is 0 Å². The normalized spacial score (nSPS) is 17.5. The van der Waals surface area contributed by atoms with Gasteiger partial charge in [-0.1, -0.05) is 0 Å². The van der Waals surface area contributed by atoms with Gasteiger partial charge in [0.2, 0.25) is 0 Å². The van der Waals surface area contributed by atoms with E-state index in [1.54, 1.807) is 11.3 Å². The van der Waals surface area contributed by atoms with Gasteiger partial charge < -0.3 is 14.8 Å². The van der Waals surface area contributed by atoms with Gasteiger partial charge in [0.25, 0.3) is 0 Å². The van der Waals surface area contributed by atoms with Crippen LogP contribution in [0.1, 0.15) is 31.0 Å². The molecule has 1 N–H and O–H groups in total. The van der Waals surface area contributed by atoms with E-state index in [0.29, 0.717) is 5.92 Å². The number of fused-ring (bicyclic) bond motifs is 1. The van der Waals surface area contributed by atoms with Gasteiger partial charge in [0.15, 0.2) is 5.13 Å². The van der Waals surface area contributed by atoms with E-state index in [9.17, 15) is 0 Å². The molecule has 3 heterocycles. The molecule has 22 heavy (non-hydrogen) atoms. The van der Waals surface area contributed by atoms with Crippen LogP contribution in [0, 0.1) is 5.92 Å². The van der Waals surface area contributed by atoms with Crippen LogP contribution in [-0.4, -0.2) is 39.4 Å². The van der Waals surface area contributed by atoms with Gasteiger partial charge in [-0.25, -0.2) is 4.98 Å². The van der Waals surface area contributed by atoms with E-state index in [0.717, 1.165) is 50.1 Å². The molecule has 0 aliphatic carbocycles. The summed E-state index contributed by atoms with van der Waals surface area (Å²) in [6.07, 6.45) is 6.09. The van der Waals surface area contributed by atoms with Gasteiger partial charge in [0.1, 0.15) is 12.2 Å². The number of hydrogen-bond acceptors (Lipinski definition) is 6. The molecule has 0 fully saturated rings. The summed E-state index contributed by atoms with van der Waals surface area (Å²) >= 11 is 1.79. The fraction of sp³-hybridized carbons (Fsp3) is 0.667. The molecule has 0 bridgehead atoms. The number of anilines is 1. The molecule has 0 saturated heterocycles. The minimum Gasteiger partial charge on any atom is -0.349 e. The van der Waals surface area contributed by atoms with Gasteiger partial charge >= 0.3 is 0 Å². The lowest BCUT2D eigenvalue weighted by Gasteiger charge is -2.23. The molecule has 6 nitrogen and oxygen atoms in total. The fourth-order valence-electron chi connectivity index (χ4n) is 2.91. The Kier molecular flexibility index (Phi) is 5.04. The van der Waals surface area contributed by atoms with Crippen LogP contribution < -0.4 is 10.2 Å². The molecule has 3 rings (SSSR count). The van der Waals surface area contributed by atoms with Crippen LogP contribution in [0.3, 0.4) is 0 Å². The van der Waals surface area contributed by atoms with E-state index in [2.05, 4.69) is 43.8 Å². The van der Waals surface area contributed by atoms with E-state index >= 15 is 0 Å². The molecule has 0 radical (unpaired) electrons. The zero-order valence-corrected chi connectivity index (χ0v) is 14.1. The summed E-state index contributed by atoms with van der Waals surface area (Å²) < 4.78 is 2.18. The van der Waals surface area contributed by atoms with Crippen molar-refractivity contribution in [3.8, 4) is 0 Å². The van der Waals surface area contributed by atoms with E-state index in [4.69, 9.17) is 0 Å². The lowest BCUT2D eigenvalue weighted by molar-refractivity contribution is 0.348. The second-order valence-corrected chi connectivity index (χ2v) is 6.81. The molecule has 1 aliphatic rings. The monoisotopic (exact) mass is 320 g/mol. The molecule has 0 amide bonds. The molecule has 1 atom stereocenters. The smallest absolute Gasteiger partial charge is 0.185 e. The van der Waals surface area contributed by atoms with Crippen LogP contribution in [0.5, 0.6) is 0 Å². The Morgan fingerprint density at radius 1 is 1.41 bits per heavy atom. The molecule has 0 saturated carbocycles. The lowest BCUT2D eigenvalue weighted by atomic mass is 9.99. The summed E-state index contributed by atoms with van der Waals surface area (Å²) in [5, 5.41) is 12.8. The molecule has 2 aromatic heterocycles. The second kappa shape index (κ2) is 7.19. The van der Waals surface area contributed by atoms with E-state index < -0.39 is 0 Å². The Labute approximate surface area is 135 Å². The Morgan fingerprint density at radius 3 is 3.09 bits per heavy atom. The zero-order valence-electron chi connectivity index (χ0n) is 13.3. The van der Waals surface area contributed by atoms with Gasteiger partial charge in [0, 0.05) is 50.2 Å². The SMILES string of the molecule is CCN(CC)c1ncc(CNC[C@@H]2CCc3nncn3C2)s1. The maximum Gasteiger partial charge on any atom is 0.185 e. The van der Waals surface area contributed by atoms with Crippen LogP contribution in [0.15, 0.2) is 12.5 Å². The number of aryl methyl sites for hydroxylation is 1. The largest absolute Gasteiger partial charge is 0.349 e. The first kappa shape index (κ1) is 15.4. The van der Waals surface area contributed by atoms with E-state index in [-0.39, 0.29) is 0 Å². The van der Waals surface area contributed by atoms with Gasteiger partial charge in [-0.2, -0.15) is 0 Å². The minimum atomic E-state index is 0.665. The molecule has 1 aliphatic heterocycles. The molecule has 0 unspecified atom stereocenters. The third-order valence-corrected chi connectivity index (χ3v) is 5.29. The van der Waals surface area contributed by atoms with Gasteiger partial charge in [-0.05, 0) is 26.2 Å². The van der Waals surface area contributed by atoms with Crippen molar-refractivity contribution in [3.05, 3.63) is 23.2 Å². The first-order valence-corrected chi connectivity index (χ1v) is 8.88. The van der Waals surface area contributed by atoms with Gasteiger partial charge in [-0.15, -0.1) is 21.5 Å². The lowest BCUT2D eigenvalue weighted by Crippen LogP contribution is -2.29. The van der Waals surface area contributed by atoms with Crippen LogP contribution in [0.25, 0.3) is 0 Å². The summed E-state index contributed by atoms with van der Waals surface area (Å²) in [4.78, 5) is 8.13. The predicted molar refractivity (Wildman–Crippen MR) is 89.2 cm³/mol. The summed E-state index contributed by atoms with van der Waals surface area (Å²) in [5.74, 6) is 1.79. The van der Waals surface area contributed by atoms with Crippen molar-refractivity contribution in [3.63, 3.8) is 0 Å². The van der Waals surface area contributed by atoms with E-state index in [1.807, 2.05) is 12.5 Å². The van der Waals surface area contributed by atoms with Crippen LogP contribution in [0.2, 0.25) is 0 Å². The predicted octanol–water partition coefficient (Wildman–Crippen LogP) is 1.93. The zero-order chi connectivity index (χ0) is 15.4. The molecule has 120 valence electrons. The van der Waals surface area contributed by atoms with Gasteiger partial charge in [-0.3, -0.25) is 0 Å². The van der Waals surface area contributed by atoms with Crippen molar-refractivity contribution in [1.82, 2.24) is 25.1 Å². The second-order valence-electron chi connectivity index (χ2n) is 5.72. The summed E-state index contributed by atoms with van der Waals surface area (Å²) in [6, 6.07) is 0. The number of rotatable bonds is 7. The van der Waals surface area contributed by atoms with Crippen molar-refractivity contribution in [2.75, 3.05) is 24.5 Å². The molecular weight excluding hydrogens is 296 g/mol. The Hall–Kier alpha value is -1.47. The highest BCUT2D eigenvalue weighted by molar-refractivity contribution is 7.15. The van der Waals surface area contributed by atoms with E-state index in [1.165, 1.54) is 11.3 Å². The van der Waals surface area contributed by atoms with Crippen LogP contribution in [0.4, 0.5) is 5.13 Å². The summed E-state index contributed by atoms with van der Waals surface area (Å²) in [6.45, 7) is 9.35. The minimum absolute atomic E-state index is 0.665. The van der Waals surface area contributed by atoms with Crippen molar-refractivity contribution in [2.24, 2.45) is 5.92 Å². The number of aromatic nitrogens is 4. The third kappa shape index (κ3) is 3.47. The van der Waals surface area contributed by atoms with Gasteiger partial charge in [0.05, 0.1) is 0 Å². The number of hydrogen-bond donors (Lipinski definition) is 1. The molecule has 0 spiro atoms. The molecule has 0 aromatic carbocycles. The van der Waals surface area contributed by atoms with Crippen molar-refractivity contribution in [1.29, 1.82) is 0 Å². The Morgan fingerprint density at radius 2 is 2.27 bits per heavy atom. The number of nitrogens with zero attached hydrogens (tertiary/aromatic N) is 5. The fourth-order valence-corrected chi connectivity index (χ4v) is 3.92. The van der Waals surface area contributed by atoms with Crippen molar-refractivity contribution >= 4 is 16.5 Å². The Bertz CT molecular complexity index is 588. The average Bonchev–Trinajstić information content (AvgIpc) is 3.17. The molecular formula is C15H24N6S. The topological polar surface area (TPSA) is 58.9 Å². The van der Waals surface area contributed by atoms with Crippen LogP contribution >= 0.6 is 11.3 Å². The van der Waals surface area contributed by atoms with Crippen LogP contribution in [-0.2, 0) is 19.5 Å². The maximum absolute atomic E-state index is 4.53. The highest BCUT2D eigenvalue weighted by atomic mass is 32.1. The highest BCUT2D eigenvalue weighted by Crippen LogP contribution is 2.22. The maximum atomic E-state index is 4.53. The standard InChI is InChI=1S/C15H24N6S/c1-3-20(4-2)15-17-9-13(22-15)8-16-7-12-5-6-14-19-18-11-21(14)10-12/h9,11-12,16H,3-8,10H2,1-2H3/t12-/m0/s1. The highest BCUT2D eigenvalue weighted by Gasteiger charge is 2.19. The summed E-state index contributed by atoms with van der Waals surface area (Å²) in [5.41, 5.74) is 0. The number of nitrogens with one attached hydrogen (secondary N) is 1. The molecule has 7 heteroatoms. The quantitative estimate of drug-likeness (QED) is 0.845. The third-order valence-electron chi connectivity index (χ3n) is 4.23.